The molecule has 0 aromatic heterocycles. The Balaban J connectivity index is 2.22. The van der Waals surface area contributed by atoms with Crippen LogP contribution in [0.15, 0.2) is 42.5 Å². The minimum Gasteiger partial charge on any atom is -0.495 e. The van der Waals surface area contributed by atoms with Crippen molar-refractivity contribution >= 4 is 39.1 Å². The number of hydrogen-bond donors (Lipinski definition) is 1. The molecule has 2 rings (SSSR count). The van der Waals surface area contributed by atoms with Crippen molar-refractivity contribution in [2.24, 2.45) is 0 Å². The third kappa shape index (κ3) is 9.20. The number of benzene rings is 2. The van der Waals surface area contributed by atoms with E-state index in [4.69, 9.17) is 16.3 Å². The molecule has 0 radical (unpaired) electrons. The van der Waals surface area contributed by atoms with Crippen molar-refractivity contribution in [1.29, 1.82) is 0 Å². The number of unbranched alkanes of at least 4 members (excludes halogenated alkanes) is 1. The number of sulfonamides is 1. The van der Waals surface area contributed by atoms with E-state index in [9.17, 15) is 18.0 Å². The zero-order chi connectivity index (χ0) is 28.3. The summed E-state index contributed by atoms with van der Waals surface area (Å²) in [4.78, 5) is 28.1. The highest BCUT2D eigenvalue weighted by molar-refractivity contribution is 7.92. The Morgan fingerprint density at radius 3 is 2.42 bits per heavy atom. The minimum atomic E-state index is -3.63. The van der Waals surface area contributed by atoms with Gasteiger partial charge in [0.25, 0.3) is 0 Å². The average molecular weight is 566 g/mol. The third-order valence-electron chi connectivity index (χ3n) is 6.23. The van der Waals surface area contributed by atoms with Crippen LogP contribution < -0.4 is 14.4 Å². The van der Waals surface area contributed by atoms with E-state index in [1.807, 2.05) is 38.1 Å². The van der Waals surface area contributed by atoms with Gasteiger partial charge in [0.05, 0.1) is 24.1 Å². The van der Waals surface area contributed by atoms with E-state index < -0.39 is 16.1 Å². The second-order valence-electron chi connectivity index (χ2n) is 9.34. The highest BCUT2D eigenvalue weighted by atomic mass is 35.5. The molecule has 0 bridgehead atoms. The van der Waals surface area contributed by atoms with Crippen molar-refractivity contribution in [3.8, 4) is 5.75 Å². The fourth-order valence-electron chi connectivity index (χ4n) is 4.25. The van der Waals surface area contributed by atoms with E-state index in [0.29, 0.717) is 36.0 Å². The molecule has 0 aliphatic rings. The van der Waals surface area contributed by atoms with Crippen LogP contribution in [-0.2, 0) is 26.2 Å². The van der Waals surface area contributed by atoms with Gasteiger partial charge in [0.2, 0.25) is 21.8 Å². The van der Waals surface area contributed by atoms with Gasteiger partial charge in [-0.1, -0.05) is 61.7 Å². The molecular weight excluding hydrogens is 526 g/mol. The first-order valence-electron chi connectivity index (χ1n) is 13.0. The molecular formula is C28H40ClN3O5S. The summed E-state index contributed by atoms with van der Waals surface area (Å²) < 4.78 is 31.5. The Bertz CT molecular complexity index is 1190. The molecule has 2 amide bonds. The van der Waals surface area contributed by atoms with Crippen LogP contribution in [0.3, 0.4) is 0 Å². The summed E-state index contributed by atoms with van der Waals surface area (Å²) in [5.41, 5.74) is 2.39. The summed E-state index contributed by atoms with van der Waals surface area (Å²) in [7, 11) is -2.15. The largest absolute Gasteiger partial charge is 0.495 e. The van der Waals surface area contributed by atoms with Gasteiger partial charge in [0.1, 0.15) is 11.8 Å². The molecule has 2 aromatic carbocycles. The smallest absolute Gasteiger partial charge is 0.242 e. The second-order valence-corrected chi connectivity index (χ2v) is 11.7. The number of halogens is 1. The fraction of sp³-hybridized carbons (Fsp3) is 0.500. The number of carbonyl (C=O) groups is 2. The number of nitrogens with zero attached hydrogens (tertiary/aromatic N) is 2. The Hall–Kier alpha value is -2.78. The minimum absolute atomic E-state index is 0.0838. The molecule has 10 heteroatoms. The van der Waals surface area contributed by atoms with Gasteiger partial charge in [0.15, 0.2) is 0 Å². The van der Waals surface area contributed by atoms with Gasteiger partial charge in [-0.3, -0.25) is 13.9 Å². The zero-order valence-electron chi connectivity index (χ0n) is 23.0. The standard InChI is InChI=1S/C28H40ClN3O5S/c1-6-8-16-30-28(34)25(7-2)31(20-22-12-9-11-21(3)18-22)27(33)13-10-17-32(38(5,35)36)23-14-15-26(37-4)24(29)19-23/h9,11-12,14-15,18-19,25H,6-8,10,13,16-17,20H2,1-5H3,(H,30,34)/t25-/m0/s1. The summed E-state index contributed by atoms with van der Waals surface area (Å²) in [5, 5.41) is 3.25. The number of hydrogen-bond acceptors (Lipinski definition) is 5. The van der Waals surface area contributed by atoms with Crippen molar-refractivity contribution in [3.05, 3.63) is 58.6 Å². The molecule has 2 aromatic rings. The number of rotatable bonds is 15. The molecule has 1 N–H and O–H groups in total. The zero-order valence-corrected chi connectivity index (χ0v) is 24.6. The number of methoxy groups -OCH3 is 1. The SMILES string of the molecule is CCCCNC(=O)[C@H](CC)N(Cc1cccc(C)c1)C(=O)CCCN(c1ccc(OC)c(Cl)c1)S(C)(=O)=O. The van der Waals surface area contributed by atoms with Crippen LogP contribution >= 0.6 is 11.6 Å². The van der Waals surface area contributed by atoms with Gasteiger partial charge in [-0.05, 0) is 49.9 Å². The molecule has 0 saturated heterocycles. The first-order chi connectivity index (χ1) is 18.0. The normalized spacial score (nSPS) is 12.1. The number of carbonyl (C=O) groups excluding carboxylic acids is 2. The van der Waals surface area contributed by atoms with Crippen molar-refractivity contribution in [2.75, 3.05) is 30.8 Å². The van der Waals surface area contributed by atoms with E-state index in [2.05, 4.69) is 12.2 Å². The second kappa shape index (κ2) is 15.0. The molecule has 210 valence electrons. The summed E-state index contributed by atoms with van der Waals surface area (Å²) in [6.45, 7) is 6.87. The van der Waals surface area contributed by atoms with Crippen molar-refractivity contribution < 1.29 is 22.7 Å². The van der Waals surface area contributed by atoms with Crippen LogP contribution in [0.2, 0.25) is 5.02 Å². The van der Waals surface area contributed by atoms with Gasteiger partial charge < -0.3 is 15.0 Å². The first-order valence-corrected chi connectivity index (χ1v) is 15.2. The fourth-order valence-corrected chi connectivity index (χ4v) is 5.46. The van der Waals surface area contributed by atoms with Crippen molar-refractivity contribution in [1.82, 2.24) is 10.2 Å². The third-order valence-corrected chi connectivity index (χ3v) is 7.72. The van der Waals surface area contributed by atoms with Gasteiger partial charge in [0, 0.05) is 26.1 Å². The molecule has 0 aliphatic heterocycles. The summed E-state index contributed by atoms with van der Waals surface area (Å²) >= 11 is 6.22. The van der Waals surface area contributed by atoms with Crippen LogP contribution in [0.4, 0.5) is 5.69 Å². The van der Waals surface area contributed by atoms with Gasteiger partial charge >= 0.3 is 0 Å². The molecule has 0 spiro atoms. The molecule has 0 aliphatic carbocycles. The van der Waals surface area contributed by atoms with Gasteiger partial charge in [-0.15, -0.1) is 0 Å². The highest BCUT2D eigenvalue weighted by Crippen LogP contribution is 2.30. The molecule has 8 nitrogen and oxygen atoms in total. The topological polar surface area (TPSA) is 96.0 Å². The highest BCUT2D eigenvalue weighted by Gasteiger charge is 2.29. The van der Waals surface area contributed by atoms with Gasteiger partial charge in [-0.2, -0.15) is 0 Å². The average Bonchev–Trinajstić information content (AvgIpc) is 2.85. The lowest BCUT2D eigenvalue weighted by Crippen LogP contribution is -2.49. The summed E-state index contributed by atoms with van der Waals surface area (Å²) in [6.07, 6.45) is 3.76. The van der Waals surface area contributed by atoms with E-state index in [0.717, 1.165) is 30.2 Å². The maximum atomic E-state index is 13.5. The van der Waals surface area contributed by atoms with Crippen LogP contribution in [0, 0.1) is 6.92 Å². The summed E-state index contributed by atoms with van der Waals surface area (Å²) in [5.74, 6) is 0.0615. The lowest BCUT2D eigenvalue weighted by Gasteiger charge is -2.31. The van der Waals surface area contributed by atoms with E-state index in [-0.39, 0.29) is 31.2 Å². The Labute approximate surface area is 232 Å². The van der Waals surface area contributed by atoms with Crippen molar-refractivity contribution in [2.45, 2.75) is 65.5 Å². The lowest BCUT2D eigenvalue weighted by atomic mass is 10.1. The number of ether oxygens (including phenoxy) is 1. The molecule has 0 saturated carbocycles. The lowest BCUT2D eigenvalue weighted by molar-refractivity contribution is -0.141. The number of anilines is 1. The quantitative estimate of drug-likeness (QED) is 0.309. The van der Waals surface area contributed by atoms with E-state index in [1.54, 1.807) is 17.0 Å². The Morgan fingerprint density at radius 2 is 1.84 bits per heavy atom. The monoisotopic (exact) mass is 565 g/mol. The van der Waals surface area contributed by atoms with E-state index in [1.165, 1.54) is 17.5 Å². The molecule has 0 unspecified atom stereocenters. The molecule has 38 heavy (non-hydrogen) atoms. The molecule has 0 fully saturated rings. The predicted molar refractivity (Wildman–Crippen MR) is 153 cm³/mol. The maximum absolute atomic E-state index is 13.5. The number of amides is 2. The van der Waals surface area contributed by atoms with Crippen molar-refractivity contribution in [3.63, 3.8) is 0 Å². The van der Waals surface area contributed by atoms with Crippen LogP contribution in [0.5, 0.6) is 5.75 Å². The maximum Gasteiger partial charge on any atom is 0.242 e. The molecule has 1 atom stereocenters. The van der Waals surface area contributed by atoms with Crippen LogP contribution in [-0.4, -0.2) is 57.6 Å². The summed E-state index contributed by atoms with van der Waals surface area (Å²) in [6, 6.07) is 12.0. The van der Waals surface area contributed by atoms with Crippen LogP contribution in [0.25, 0.3) is 0 Å². The number of aryl methyl sites for hydroxylation is 1. The van der Waals surface area contributed by atoms with Crippen LogP contribution in [0.1, 0.15) is 57.1 Å². The Kier molecular flexibility index (Phi) is 12.4. The first kappa shape index (κ1) is 31.4. The Morgan fingerprint density at radius 1 is 1.11 bits per heavy atom. The molecule has 0 heterocycles. The van der Waals surface area contributed by atoms with E-state index >= 15 is 0 Å². The predicted octanol–water partition coefficient (Wildman–Crippen LogP) is 4.93. The number of nitrogens with one attached hydrogen (secondary N) is 1. The van der Waals surface area contributed by atoms with Gasteiger partial charge in [-0.25, -0.2) is 8.42 Å².